The molecule has 0 N–H and O–H groups in total. The molecule has 4 heteroatoms. The molecule has 5 atom stereocenters. The predicted molar refractivity (Wildman–Crippen MR) is 86.8 cm³/mol. The van der Waals surface area contributed by atoms with E-state index >= 15 is 0 Å². The minimum atomic E-state index is 0.0685. The first kappa shape index (κ1) is 20.8. The smallest absolute Gasteiger partial charge is 0.0784 e. The summed E-state index contributed by atoms with van der Waals surface area (Å²) < 4.78 is 22.9. The van der Waals surface area contributed by atoms with Crippen LogP contribution in [0.15, 0.2) is 0 Å². The predicted octanol–water partition coefficient (Wildman–Crippen LogP) is 3.82. The van der Waals surface area contributed by atoms with Crippen LogP contribution in [0.2, 0.25) is 0 Å². The van der Waals surface area contributed by atoms with Gasteiger partial charge in [-0.2, -0.15) is 0 Å². The molecule has 0 saturated heterocycles. The van der Waals surface area contributed by atoms with Crippen LogP contribution in [0.5, 0.6) is 0 Å². The number of hydrogen-bond acceptors (Lipinski definition) is 4. The minimum absolute atomic E-state index is 0.0685. The van der Waals surface area contributed by atoms with Gasteiger partial charge in [0.25, 0.3) is 0 Å². The third-order valence-electron chi connectivity index (χ3n) is 3.46. The summed E-state index contributed by atoms with van der Waals surface area (Å²) in [5.74, 6) is 0. The Morgan fingerprint density at radius 3 is 1.33 bits per heavy atom. The van der Waals surface area contributed by atoms with Crippen molar-refractivity contribution in [2.24, 2.45) is 0 Å². The van der Waals surface area contributed by atoms with E-state index < -0.39 is 0 Å². The van der Waals surface area contributed by atoms with E-state index in [1.807, 2.05) is 20.8 Å². The molecule has 21 heavy (non-hydrogen) atoms. The van der Waals surface area contributed by atoms with Gasteiger partial charge < -0.3 is 18.9 Å². The number of ether oxygens (including phenoxy) is 4. The highest BCUT2D eigenvalue weighted by Gasteiger charge is 2.12. The standard InChI is InChI=1S/C17H36O4/c1-8-13(3)18-10-15(5)19-11-16(6)20-12-17(7)21-14(4)9-2/h13-17H,8-12H2,1-7H3. The van der Waals surface area contributed by atoms with Crippen molar-refractivity contribution in [1.29, 1.82) is 0 Å². The minimum Gasteiger partial charge on any atom is -0.376 e. The average molecular weight is 304 g/mol. The quantitative estimate of drug-likeness (QED) is 0.518. The van der Waals surface area contributed by atoms with Gasteiger partial charge in [-0.05, 0) is 47.5 Å². The third kappa shape index (κ3) is 12.1. The van der Waals surface area contributed by atoms with Crippen molar-refractivity contribution < 1.29 is 18.9 Å². The monoisotopic (exact) mass is 304 g/mol. The van der Waals surface area contributed by atoms with Crippen molar-refractivity contribution in [2.45, 2.75) is 91.8 Å². The molecule has 0 aliphatic carbocycles. The Bertz CT molecular complexity index is 235. The molecule has 5 unspecified atom stereocenters. The van der Waals surface area contributed by atoms with Crippen LogP contribution < -0.4 is 0 Å². The molecule has 0 spiro atoms. The van der Waals surface area contributed by atoms with Crippen molar-refractivity contribution >= 4 is 0 Å². The highest BCUT2D eigenvalue weighted by Crippen LogP contribution is 2.05. The first-order valence-corrected chi connectivity index (χ1v) is 8.39. The summed E-state index contributed by atoms with van der Waals surface area (Å²) in [5.41, 5.74) is 0. The highest BCUT2D eigenvalue weighted by molar-refractivity contribution is 4.57. The molecule has 0 heterocycles. The van der Waals surface area contributed by atoms with Crippen molar-refractivity contribution in [3.8, 4) is 0 Å². The Hall–Kier alpha value is -0.160. The Morgan fingerprint density at radius 1 is 0.524 bits per heavy atom. The van der Waals surface area contributed by atoms with Crippen LogP contribution in [0.4, 0.5) is 0 Å². The molecule has 4 nitrogen and oxygen atoms in total. The van der Waals surface area contributed by atoms with E-state index in [1.54, 1.807) is 0 Å². The molecule has 0 radical (unpaired) electrons. The zero-order chi connectivity index (χ0) is 16.3. The summed E-state index contributed by atoms with van der Waals surface area (Å²) in [4.78, 5) is 0. The molecule has 0 fully saturated rings. The van der Waals surface area contributed by atoms with Crippen LogP contribution in [-0.4, -0.2) is 50.3 Å². The molecule has 128 valence electrons. The van der Waals surface area contributed by atoms with Gasteiger partial charge in [-0.3, -0.25) is 0 Å². The van der Waals surface area contributed by atoms with E-state index in [1.165, 1.54) is 0 Å². The maximum atomic E-state index is 5.77. The normalized spacial score (nSPS) is 19.0. The van der Waals surface area contributed by atoms with Gasteiger partial charge in [-0.1, -0.05) is 13.8 Å². The largest absolute Gasteiger partial charge is 0.376 e. The summed E-state index contributed by atoms with van der Waals surface area (Å²) in [7, 11) is 0. The van der Waals surface area contributed by atoms with E-state index in [9.17, 15) is 0 Å². The van der Waals surface area contributed by atoms with Crippen LogP contribution in [0.1, 0.15) is 61.3 Å². The first-order chi connectivity index (χ1) is 9.88. The van der Waals surface area contributed by atoms with Crippen LogP contribution in [-0.2, 0) is 18.9 Å². The molecule has 0 aromatic carbocycles. The molecule has 0 amide bonds. The van der Waals surface area contributed by atoms with Crippen LogP contribution in [0.3, 0.4) is 0 Å². The first-order valence-electron chi connectivity index (χ1n) is 8.39. The lowest BCUT2D eigenvalue weighted by atomic mass is 10.3. The lowest BCUT2D eigenvalue weighted by molar-refractivity contribution is -0.0946. The molecule has 0 saturated carbocycles. The Morgan fingerprint density at radius 2 is 0.905 bits per heavy atom. The van der Waals surface area contributed by atoms with E-state index in [4.69, 9.17) is 18.9 Å². The van der Waals surface area contributed by atoms with Crippen LogP contribution >= 0.6 is 0 Å². The Kier molecular flexibility index (Phi) is 12.3. The number of rotatable bonds is 13. The lowest BCUT2D eigenvalue weighted by Gasteiger charge is -2.22. The summed E-state index contributed by atoms with van der Waals surface area (Å²) in [6.45, 7) is 16.3. The van der Waals surface area contributed by atoms with Gasteiger partial charge >= 0.3 is 0 Å². The van der Waals surface area contributed by atoms with Gasteiger partial charge in [0.05, 0.1) is 50.3 Å². The second-order valence-corrected chi connectivity index (χ2v) is 6.01. The highest BCUT2D eigenvalue weighted by atomic mass is 16.6. The molecule has 0 aromatic heterocycles. The third-order valence-corrected chi connectivity index (χ3v) is 3.46. The molecule has 0 bridgehead atoms. The molecule has 0 aliphatic heterocycles. The fourth-order valence-electron chi connectivity index (χ4n) is 1.65. The van der Waals surface area contributed by atoms with Gasteiger partial charge in [0, 0.05) is 0 Å². The summed E-state index contributed by atoms with van der Waals surface area (Å²) in [5, 5.41) is 0. The summed E-state index contributed by atoms with van der Waals surface area (Å²) in [6.07, 6.45) is 2.92. The van der Waals surface area contributed by atoms with Gasteiger partial charge in [-0.15, -0.1) is 0 Å². The second kappa shape index (κ2) is 12.4. The fourth-order valence-corrected chi connectivity index (χ4v) is 1.65. The van der Waals surface area contributed by atoms with E-state index in [0.29, 0.717) is 25.9 Å². The van der Waals surface area contributed by atoms with Crippen LogP contribution in [0, 0.1) is 0 Å². The summed E-state index contributed by atoms with van der Waals surface area (Å²) >= 11 is 0. The molecule has 0 aliphatic rings. The summed E-state index contributed by atoms with van der Waals surface area (Å²) in [6, 6.07) is 0. The maximum absolute atomic E-state index is 5.77. The van der Waals surface area contributed by atoms with Crippen LogP contribution in [0.25, 0.3) is 0 Å². The van der Waals surface area contributed by atoms with Crippen molar-refractivity contribution in [1.82, 2.24) is 0 Å². The Balaban J connectivity index is 3.67. The maximum Gasteiger partial charge on any atom is 0.0784 e. The van der Waals surface area contributed by atoms with Gasteiger partial charge in [0.15, 0.2) is 0 Å². The zero-order valence-electron chi connectivity index (χ0n) is 15.1. The average Bonchev–Trinajstić information content (AvgIpc) is 2.47. The van der Waals surface area contributed by atoms with E-state index in [2.05, 4.69) is 27.7 Å². The van der Waals surface area contributed by atoms with Gasteiger partial charge in [0.1, 0.15) is 0 Å². The molecular weight excluding hydrogens is 268 g/mol. The SMILES string of the molecule is CCC(C)OCC(C)OCC(C)OCC(C)OC(C)CC. The zero-order valence-corrected chi connectivity index (χ0v) is 15.1. The van der Waals surface area contributed by atoms with Gasteiger partial charge in [0.2, 0.25) is 0 Å². The topological polar surface area (TPSA) is 36.9 Å². The van der Waals surface area contributed by atoms with E-state index in [-0.39, 0.29) is 24.4 Å². The fraction of sp³-hybridized carbons (Fsp3) is 1.00. The molecular formula is C17H36O4. The second-order valence-electron chi connectivity index (χ2n) is 6.01. The molecule has 0 aromatic rings. The Labute approximate surface area is 131 Å². The van der Waals surface area contributed by atoms with Crippen molar-refractivity contribution in [3.63, 3.8) is 0 Å². The van der Waals surface area contributed by atoms with Crippen molar-refractivity contribution in [3.05, 3.63) is 0 Å². The number of hydrogen-bond donors (Lipinski definition) is 0. The van der Waals surface area contributed by atoms with Gasteiger partial charge in [-0.25, -0.2) is 0 Å². The van der Waals surface area contributed by atoms with E-state index in [0.717, 1.165) is 12.8 Å². The molecule has 0 rings (SSSR count). The lowest BCUT2D eigenvalue weighted by Crippen LogP contribution is -2.28. The van der Waals surface area contributed by atoms with Crippen molar-refractivity contribution in [2.75, 3.05) is 19.8 Å².